The normalized spacial score (nSPS) is 17.7. The summed E-state index contributed by atoms with van der Waals surface area (Å²) in [6.07, 6.45) is 0.401. The van der Waals surface area contributed by atoms with Crippen molar-refractivity contribution in [1.29, 1.82) is 0 Å². The summed E-state index contributed by atoms with van der Waals surface area (Å²) in [6, 6.07) is 6.96. The third kappa shape index (κ3) is 3.71. The molecule has 3 aromatic rings. The second-order valence-electron chi connectivity index (χ2n) is 6.23. The Labute approximate surface area is 152 Å². The molecule has 4 rings (SSSR count). The molecular weight excluding hydrogens is 361 g/mol. The van der Waals surface area contributed by atoms with E-state index < -0.39 is 11.7 Å². The van der Waals surface area contributed by atoms with Gasteiger partial charge in [-0.3, -0.25) is 4.84 Å². The van der Waals surface area contributed by atoms with Gasteiger partial charge in [-0.25, -0.2) is 4.98 Å². The van der Waals surface area contributed by atoms with Gasteiger partial charge in [0.25, 0.3) is 5.78 Å². The van der Waals surface area contributed by atoms with Crippen LogP contribution in [-0.4, -0.2) is 32.3 Å². The first-order valence-corrected chi connectivity index (χ1v) is 8.47. The Morgan fingerprint density at radius 2 is 2.11 bits per heavy atom. The second kappa shape index (κ2) is 7.12. The molecule has 1 fully saturated rings. The lowest BCUT2D eigenvalue weighted by Gasteiger charge is -2.27. The number of halogens is 3. The summed E-state index contributed by atoms with van der Waals surface area (Å²) < 4.78 is 40.0. The molecule has 1 saturated heterocycles. The minimum Gasteiger partial charge on any atom is -0.339 e. The van der Waals surface area contributed by atoms with Crippen molar-refractivity contribution in [3.05, 3.63) is 54.0 Å². The van der Waals surface area contributed by atoms with Crippen LogP contribution in [0.25, 0.3) is 5.78 Å². The zero-order chi connectivity index (χ0) is 18.9. The topological polar surface area (TPSA) is 67.6 Å². The van der Waals surface area contributed by atoms with Crippen LogP contribution < -0.4 is 10.4 Å². The van der Waals surface area contributed by atoms with Crippen LogP contribution in [0, 0.1) is 0 Å². The van der Waals surface area contributed by atoms with Crippen molar-refractivity contribution in [3.8, 4) is 0 Å². The summed E-state index contributed by atoms with van der Waals surface area (Å²) in [5, 5.41) is 4.18. The average Bonchev–Trinajstić information content (AvgIpc) is 3.30. The lowest BCUT2D eigenvalue weighted by atomic mass is 10.1. The van der Waals surface area contributed by atoms with Crippen LogP contribution in [0.3, 0.4) is 0 Å². The first kappa shape index (κ1) is 17.7. The SMILES string of the molecule is FC(F)(F)c1cccc(CONC2CCCN2c2ccnc3ncnn23)c1. The van der Waals surface area contributed by atoms with Crippen molar-refractivity contribution in [2.45, 2.75) is 31.8 Å². The van der Waals surface area contributed by atoms with Gasteiger partial charge in [0.15, 0.2) is 0 Å². The van der Waals surface area contributed by atoms with Gasteiger partial charge < -0.3 is 4.90 Å². The fourth-order valence-corrected chi connectivity index (χ4v) is 3.17. The third-order valence-corrected chi connectivity index (χ3v) is 4.42. The van der Waals surface area contributed by atoms with E-state index in [0.717, 1.165) is 37.3 Å². The van der Waals surface area contributed by atoms with Crippen molar-refractivity contribution < 1.29 is 18.0 Å². The van der Waals surface area contributed by atoms with Gasteiger partial charge in [0.1, 0.15) is 18.3 Å². The van der Waals surface area contributed by atoms with E-state index in [4.69, 9.17) is 4.84 Å². The molecule has 1 aliphatic rings. The molecule has 1 N–H and O–H groups in total. The van der Waals surface area contributed by atoms with E-state index in [1.54, 1.807) is 16.8 Å². The lowest BCUT2D eigenvalue weighted by molar-refractivity contribution is -0.137. The van der Waals surface area contributed by atoms with Crippen molar-refractivity contribution in [3.63, 3.8) is 0 Å². The molecular formula is C17H17F3N6O. The predicted molar refractivity (Wildman–Crippen MR) is 90.5 cm³/mol. The summed E-state index contributed by atoms with van der Waals surface area (Å²) in [5.41, 5.74) is 2.72. The first-order chi connectivity index (χ1) is 13.0. The largest absolute Gasteiger partial charge is 0.416 e. The quantitative estimate of drug-likeness (QED) is 0.689. The molecule has 7 nitrogen and oxygen atoms in total. The molecule has 0 spiro atoms. The molecule has 1 aromatic carbocycles. The smallest absolute Gasteiger partial charge is 0.339 e. The number of alkyl halides is 3. The van der Waals surface area contributed by atoms with Crippen molar-refractivity contribution in [1.82, 2.24) is 25.1 Å². The number of hydroxylamine groups is 1. The summed E-state index contributed by atoms with van der Waals surface area (Å²) >= 11 is 0. The molecule has 10 heteroatoms. The minimum atomic E-state index is -4.36. The van der Waals surface area contributed by atoms with Gasteiger partial charge in [-0.05, 0) is 36.6 Å². The zero-order valence-electron chi connectivity index (χ0n) is 14.2. The van der Waals surface area contributed by atoms with E-state index in [0.29, 0.717) is 11.3 Å². The van der Waals surface area contributed by atoms with E-state index in [2.05, 4.69) is 25.4 Å². The van der Waals surface area contributed by atoms with Gasteiger partial charge >= 0.3 is 6.18 Å². The molecule has 0 amide bonds. The highest BCUT2D eigenvalue weighted by atomic mass is 19.4. The number of nitrogens with one attached hydrogen (secondary N) is 1. The molecule has 1 unspecified atom stereocenters. The van der Waals surface area contributed by atoms with E-state index in [1.165, 1.54) is 12.4 Å². The molecule has 142 valence electrons. The maximum Gasteiger partial charge on any atom is 0.416 e. The van der Waals surface area contributed by atoms with Gasteiger partial charge in [-0.1, -0.05) is 12.1 Å². The third-order valence-electron chi connectivity index (χ3n) is 4.42. The van der Waals surface area contributed by atoms with Crippen molar-refractivity contribution in [2.75, 3.05) is 11.4 Å². The Hall–Kier alpha value is -2.72. The Bertz CT molecular complexity index is 928. The number of rotatable bonds is 5. The Kier molecular flexibility index (Phi) is 4.66. The molecule has 0 saturated carbocycles. The number of hydrogen-bond acceptors (Lipinski definition) is 6. The van der Waals surface area contributed by atoms with Crippen molar-refractivity contribution in [2.24, 2.45) is 0 Å². The zero-order valence-corrected chi connectivity index (χ0v) is 14.2. The summed E-state index contributed by atoms with van der Waals surface area (Å²) in [7, 11) is 0. The minimum absolute atomic E-state index is 0.0311. The van der Waals surface area contributed by atoms with E-state index in [1.807, 2.05) is 6.07 Å². The molecule has 2 aromatic heterocycles. The van der Waals surface area contributed by atoms with Crippen LogP contribution >= 0.6 is 0 Å². The monoisotopic (exact) mass is 378 g/mol. The van der Waals surface area contributed by atoms with Crippen LogP contribution in [0.4, 0.5) is 19.0 Å². The molecule has 1 atom stereocenters. The standard InChI is InChI=1S/C17H17F3N6O/c18-17(19,20)13-4-1-3-12(9-13)10-27-24-14-5-2-8-25(14)15-6-7-21-16-22-11-23-26(15)16/h1,3-4,6-7,9,11,14,24H,2,5,8,10H2. The molecule has 1 aliphatic heterocycles. The van der Waals surface area contributed by atoms with Gasteiger partial charge in [0, 0.05) is 12.7 Å². The Balaban J connectivity index is 1.42. The van der Waals surface area contributed by atoms with E-state index in [-0.39, 0.29) is 12.8 Å². The summed E-state index contributed by atoms with van der Waals surface area (Å²) in [5.74, 6) is 1.33. The molecule has 0 bridgehead atoms. The van der Waals surface area contributed by atoms with Crippen LogP contribution in [0.2, 0.25) is 0 Å². The maximum atomic E-state index is 12.8. The van der Waals surface area contributed by atoms with Gasteiger partial charge in [0.05, 0.1) is 12.2 Å². The number of benzene rings is 1. The second-order valence-corrected chi connectivity index (χ2v) is 6.23. The Morgan fingerprint density at radius 3 is 2.96 bits per heavy atom. The van der Waals surface area contributed by atoms with Crippen LogP contribution in [-0.2, 0) is 17.6 Å². The lowest BCUT2D eigenvalue weighted by Crippen LogP contribution is -2.42. The number of hydrogen-bond donors (Lipinski definition) is 1. The molecule has 3 heterocycles. The van der Waals surface area contributed by atoms with Gasteiger partial charge in [0.2, 0.25) is 0 Å². The number of nitrogens with zero attached hydrogens (tertiary/aromatic N) is 5. The van der Waals surface area contributed by atoms with Crippen LogP contribution in [0.15, 0.2) is 42.9 Å². The fourth-order valence-electron chi connectivity index (χ4n) is 3.17. The van der Waals surface area contributed by atoms with Gasteiger partial charge in [-0.15, -0.1) is 0 Å². The van der Waals surface area contributed by atoms with Crippen molar-refractivity contribution >= 4 is 11.6 Å². The summed E-state index contributed by atoms with van der Waals surface area (Å²) in [4.78, 5) is 15.8. The highest BCUT2D eigenvalue weighted by Gasteiger charge is 2.30. The molecule has 27 heavy (non-hydrogen) atoms. The molecule has 0 radical (unpaired) electrons. The fraction of sp³-hybridized carbons (Fsp3) is 0.353. The maximum absolute atomic E-state index is 12.8. The van der Waals surface area contributed by atoms with E-state index in [9.17, 15) is 13.2 Å². The predicted octanol–water partition coefficient (Wildman–Crippen LogP) is 2.79. The summed E-state index contributed by atoms with van der Waals surface area (Å²) in [6.45, 7) is 0.826. The Morgan fingerprint density at radius 1 is 1.22 bits per heavy atom. The number of aromatic nitrogens is 4. The highest BCUT2D eigenvalue weighted by Crippen LogP contribution is 2.29. The first-order valence-electron chi connectivity index (χ1n) is 8.47. The highest BCUT2D eigenvalue weighted by molar-refractivity contribution is 5.46. The number of fused-ring (bicyclic) bond motifs is 1. The van der Waals surface area contributed by atoms with Crippen LogP contribution in [0.1, 0.15) is 24.0 Å². The van der Waals surface area contributed by atoms with Crippen LogP contribution in [0.5, 0.6) is 0 Å². The number of anilines is 1. The van der Waals surface area contributed by atoms with Gasteiger partial charge in [-0.2, -0.15) is 33.2 Å². The molecule has 0 aliphatic carbocycles. The van der Waals surface area contributed by atoms with E-state index >= 15 is 0 Å². The average molecular weight is 378 g/mol.